The molecule has 1 aromatic rings. The maximum Gasteiger partial charge on any atom is 0.307 e. The van der Waals surface area contributed by atoms with Crippen LogP contribution in [0.3, 0.4) is 0 Å². The first-order valence-corrected chi connectivity index (χ1v) is 7.42. The van der Waals surface area contributed by atoms with Gasteiger partial charge in [0.2, 0.25) is 0 Å². The third kappa shape index (κ3) is 5.07. The topological polar surface area (TPSA) is 37.3 Å². The zero-order valence-corrected chi connectivity index (χ0v) is 13.3. The summed E-state index contributed by atoms with van der Waals surface area (Å²) in [5, 5.41) is 8.88. The highest BCUT2D eigenvalue weighted by Gasteiger charge is 2.09. The molecule has 0 saturated heterocycles. The van der Waals surface area contributed by atoms with E-state index in [1.54, 1.807) is 0 Å². The van der Waals surface area contributed by atoms with Crippen molar-refractivity contribution in [3.8, 4) is 0 Å². The molecular weight excluding hydrogens is 260 g/mol. The Kier molecular flexibility index (Phi) is 6.67. The van der Waals surface area contributed by atoms with Crippen LogP contribution in [0.5, 0.6) is 0 Å². The van der Waals surface area contributed by atoms with E-state index in [0.29, 0.717) is 6.42 Å². The standard InChI is InChI=1S/C17H18O2.C2H6/c1-12-5-3-7-15(9-12)16-8-4-6-14(10-13(16)2)11-17(18)19;1-2/h3-5,7-10H,6,11H2,1-2H3,(H,18,19);1-2H3. The number of aliphatic carboxylic acids is 1. The molecule has 0 bridgehead atoms. The van der Waals surface area contributed by atoms with Crippen molar-refractivity contribution >= 4 is 11.5 Å². The van der Waals surface area contributed by atoms with Gasteiger partial charge in [-0.3, -0.25) is 4.79 Å². The molecule has 0 spiro atoms. The van der Waals surface area contributed by atoms with Gasteiger partial charge >= 0.3 is 5.97 Å². The zero-order valence-electron chi connectivity index (χ0n) is 13.3. The Bertz CT molecular complexity index is 589. The van der Waals surface area contributed by atoms with Crippen LogP contribution >= 0.6 is 0 Å². The van der Waals surface area contributed by atoms with Gasteiger partial charge in [-0.05, 0) is 37.0 Å². The van der Waals surface area contributed by atoms with E-state index in [1.807, 2.05) is 39.0 Å². The molecule has 1 N–H and O–H groups in total. The minimum atomic E-state index is -0.772. The SMILES string of the molecule is CC.CC1=C(c2cccc(C)c2)C=CCC(CC(=O)O)=C1. The Balaban J connectivity index is 0.00000106. The highest BCUT2D eigenvalue weighted by Crippen LogP contribution is 2.27. The number of carbonyl (C=O) groups is 1. The summed E-state index contributed by atoms with van der Waals surface area (Å²) in [6.45, 7) is 8.11. The summed E-state index contributed by atoms with van der Waals surface area (Å²) in [5.74, 6) is -0.772. The van der Waals surface area contributed by atoms with Crippen molar-refractivity contribution in [3.05, 3.63) is 64.8 Å². The van der Waals surface area contributed by atoms with Gasteiger partial charge in [-0.1, -0.05) is 67.5 Å². The van der Waals surface area contributed by atoms with E-state index in [4.69, 9.17) is 5.11 Å². The molecule has 0 fully saturated rings. The molecular formula is C19H24O2. The van der Waals surface area contributed by atoms with E-state index in [1.165, 1.54) is 16.7 Å². The van der Waals surface area contributed by atoms with Gasteiger partial charge in [0, 0.05) is 0 Å². The highest BCUT2D eigenvalue weighted by atomic mass is 16.4. The second-order valence-electron chi connectivity index (χ2n) is 4.95. The van der Waals surface area contributed by atoms with E-state index in [-0.39, 0.29) is 6.42 Å². The maximum atomic E-state index is 10.8. The molecule has 112 valence electrons. The fraction of sp³-hybridized carbons (Fsp3) is 0.316. The summed E-state index contributed by atoms with van der Waals surface area (Å²) in [5.41, 5.74) is 5.65. The number of hydrogen-bond acceptors (Lipinski definition) is 1. The lowest BCUT2D eigenvalue weighted by molar-refractivity contribution is -0.136. The highest BCUT2D eigenvalue weighted by molar-refractivity contribution is 5.80. The molecule has 2 nitrogen and oxygen atoms in total. The molecule has 2 heteroatoms. The number of rotatable bonds is 3. The lowest BCUT2D eigenvalue weighted by atomic mass is 9.98. The molecule has 1 aliphatic carbocycles. The lowest BCUT2D eigenvalue weighted by Crippen LogP contribution is -1.96. The van der Waals surface area contributed by atoms with Gasteiger partial charge in [0.05, 0.1) is 6.42 Å². The molecule has 0 heterocycles. The predicted octanol–water partition coefficient (Wildman–Crippen LogP) is 5.16. The van der Waals surface area contributed by atoms with Crippen molar-refractivity contribution in [2.24, 2.45) is 0 Å². The van der Waals surface area contributed by atoms with Crippen LogP contribution in [0.1, 0.15) is 44.7 Å². The molecule has 0 unspecified atom stereocenters. The van der Waals surface area contributed by atoms with Crippen molar-refractivity contribution in [1.29, 1.82) is 0 Å². The molecule has 1 aliphatic rings. The first kappa shape index (κ1) is 17.0. The summed E-state index contributed by atoms with van der Waals surface area (Å²) >= 11 is 0. The Morgan fingerprint density at radius 3 is 2.57 bits per heavy atom. The Hall–Kier alpha value is -2.09. The zero-order chi connectivity index (χ0) is 15.8. The van der Waals surface area contributed by atoms with Crippen molar-refractivity contribution < 1.29 is 9.90 Å². The number of hydrogen-bond donors (Lipinski definition) is 1. The average molecular weight is 284 g/mol. The van der Waals surface area contributed by atoms with E-state index in [2.05, 4.69) is 31.2 Å². The fourth-order valence-electron chi connectivity index (χ4n) is 2.36. The third-order valence-corrected chi connectivity index (χ3v) is 3.22. The molecule has 0 aromatic heterocycles. The van der Waals surface area contributed by atoms with Gasteiger partial charge in [0.15, 0.2) is 0 Å². The largest absolute Gasteiger partial charge is 0.481 e. The van der Waals surface area contributed by atoms with E-state index in [9.17, 15) is 4.79 Å². The minimum absolute atomic E-state index is 0.114. The van der Waals surface area contributed by atoms with Crippen LogP contribution in [-0.4, -0.2) is 11.1 Å². The molecule has 2 rings (SSSR count). The normalized spacial score (nSPS) is 14.0. The third-order valence-electron chi connectivity index (χ3n) is 3.22. The molecule has 0 radical (unpaired) electrons. The van der Waals surface area contributed by atoms with E-state index >= 15 is 0 Å². The Morgan fingerprint density at radius 2 is 1.95 bits per heavy atom. The van der Waals surface area contributed by atoms with E-state index in [0.717, 1.165) is 11.1 Å². The lowest BCUT2D eigenvalue weighted by Gasteiger charge is -2.06. The van der Waals surface area contributed by atoms with Crippen LogP contribution in [-0.2, 0) is 4.79 Å². The first-order valence-electron chi connectivity index (χ1n) is 7.42. The van der Waals surface area contributed by atoms with E-state index < -0.39 is 5.97 Å². The molecule has 0 saturated carbocycles. The number of benzene rings is 1. The average Bonchev–Trinajstić information content (AvgIpc) is 2.62. The summed E-state index contributed by atoms with van der Waals surface area (Å²) in [6, 6.07) is 8.36. The van der Waals surface area contributed by atoms with Gasteiger partial charge in [-0.15, -0.1) is 0 Å². The van der Waals surface area contributed by atoms with Crippen LogP contribution in [0.15, 0.2) is 53.6 Å². The second kappa shape index (κ2) is 8.25. The van der Waals surface area contributed by atoms with Crippen molar-refractivity contribution in [2.75, 3.05) is 0 Å². The molecule has 0 aliphatic heterocycles. The second-order valence-corrected chi connectivity index (χ2v) is 4.95. The molecule has 1 aromatic carbocycles. The summed E-state index contributed by atoms with van der Waals surface area (Å²) in [4.78, 5) is 10.8. The van der Waals surface area contributed by atoms with Gasteiger partial charge in [0.25, 0.3) is 0 Å². The Labute approximate surface area is 127 Å². The summed E-state index contributed by atoms with van der Waals surface area (Å²) in [7, 11) is 0. The maximum absolute atomic E-state index is 10.8. The number of aryl methyl sites for hydroxylation is 1. The number of carboxylic acids is 1. The number of allylic oxidation sites excluding steroid dienone is 5. The summed E-state index contributed by atoms with van der Waals surface area (Å²) < 4.78 is 0. The molecule has 0 amide bonds. The molecule has 0 atom stereocenters. The van der Waals surface area contributed by atoms with Gasteiger partial charge in [-0.2, -0.15) is 0 Å². The Morgan fingerprint density at radius 1 is 1.24 bits per heavy atom. The van der Waals surface area contributed by atoms with Crippen molar-refractivity contribution in [2.45, 2.75) is 40.5 Å². The van der Waals surface area contributed by atoms with Crippen LogP contribution in [0.25, 0.3) is 5.57 Å². The van der Waals surface area contributed by atoms with Gasteiger partial charge in [0.1, 0.15) is 0 Å². The monoisotopic (exact) mass is 284 g/mol. The predicted molar refractivity (Wildman–Crippen MR) is 89.2 cm³/mol. The number of carboxylic acid groups (broad SMARTS) is 1. The van der Waals surface area contributed by atoms with Crippen LogP contribution in [0.4, 0.5) is 0 Å². The van der Waals surface area contributed by atoms with Crippen molar-refractivity contribution in [3.63, 3.8) is 0 Å². The smallest absolute Gasteiger partial charge is 0.307 e. The fourth-order valence-corrected chi connectivity index (χ4v) is 2.36. The van der Waals surface area contributed by atoms with Crippen LogP contribution in [0, 0.1) is 6.92 Å². The summed E-state index contributed by atoms with van der Waals surface area (Å²) in [6.07, 6.45) is 6.96. The quantitative estimate of drug-likeness (QED) is 0.832. The molecule has 21 heavy (non-hydrogen) atoms. The van der Waals surface area contributed by atoms with Crippen molar-refractivity contribution in [1.82, 2.24) is 0 Å². The first-order chi connectivity index (χ1) is 10.1. The van der Waals surface area contributed by atoms with Gasteiger partial charge < -0.3 is 5.11 Å². The van der Waals surface area contributed by atoms with Crippen LogP contribution < -0.4 is 0 Å². The van der Waals surface area contributed by atoms with Crippen LogP contribution in [0.2, 0.25) is 0 Å². The van der Waals surface area contributed by atoms with Gasteiger partial charge in [-0.25, -0.2) is 0 Å². The minimum Gasteiger partial charge on any atom is -0.481 e.